The summed E-state index contributed by atoms with van der Waals surface area (Å²) >= 11 is 5.05. The van der Waals surface area contributed by atoms with Crippen LogP contribution in [0.25, 0.3) is 0 Å². The molecule has 0 aromatic carbocycles. The highest BCUT2D eigenvalue weighted by Gasteiger charge is 2.27. The second-order valence-corrected chi connectivity index (χ2v) is 3.54. The smallest absolute Gasteiger partial charge is 0.166 e. The molecule has 1 aliphatic rings. The van der Waals surface area contributed by atoms with E-state index in [-0.39, 0.29) is 0 Å². The van der Waals surface area contributed by atoms with Crippen LogP contribution in [0, 0.1) is 5.92 Å². The number of hydrogen-bond acceptors (Lipinski definition) is 1. The first-order valence-electron chi connectivity index (χ1n) is 4.28. The molecule has 0 heterocycles. The zero-order valence-electron chi connectivity index (χ0n) is 7.18. The fourth-order valence-electron chi connectivity index (χ4n) is 1.13. The van der Waals surface area contributed by atoms with Gasteiger partial charge in [-0.15, -0.1) is 0 Å². The van der Waals surface area contributed by atoms with Gasteiger partial charge in [-0.1, -0.05) is 0 Å². The topological polar surface area (TPSA) is 24.1 Å². The van der Waals surface area contributed by atoms with Gasteiger partial charge in [0.05, 0.1) is 0 Å². The average molecular weight is 172 g/mol. The lowest BCUT2D eigenvalue weighted by Crippen LogP contribution is -2.41. The van der Waals surface area contributed by atoms with E-state index < -0.39 is 0 Å². The zero-order valence-corrected chi connectivity index (χ0v) is 8.00. The van der Waals surface area contributed by atoms with Crippen LogP contribution in [-0.4, -0.2) is 17.7 Å². The average Bonchev–Trinajstić information content (AvgIpc) is 2.67. The van der Waals surface area contributed by atoms with Gasteiger partial charge >= 0.3 is 0 Å². The highest BCUT2D eigenvalue weighted by molar-refractivity contribution is 7.80. The van der Waals surface area contributed by atoms with Gasteiger partial charge in [-0.25, -0.2) is 0 Å². The van der Waals surface area contributed by atoms with Crippen molar-refractivity contribution < 1.29 is 0 Å². The minimum atomic E-state index is 0.557. The molecule has 1 saturated carbocycles. The van der Waals surface area contributed by atoms with E-state index in [1.165, 1.54) is 12.8 Å². The second-order valence-electron chi connectivity index (χ2n) is 3.13. The summed E-state index contributed by atoms with van der Waals surface area (Å²) in [6, 6.07) is 0.557. The van der Waals surface area contributed by atoms with Crippen LogP contribution in [0.5, 0.6) is 0 Å². The molecule has 0 aromatic heterocycles. The Kier molecular flexibility index (Phi) is 3.12. The molecule has 2 nitrogen and oxygen atoms in total. The zero-order chi connectivity index (χ0) is 8.27. The minimum absolute atomic E-state index is 0.557. The maximum atomic E-state index is 5.05. The normalized spacial score (nSPS) is 19.1. The molecule has 1 rings (SSSR count). The monoisotopic (exact) mass is 172 g/mol. The first-order chi connectivity index (χ1) is 5.24. The summed E-state index contributed by atoms with van der Waals surface area (Å²) in [5.41, 5.74) is 0. The van der Waals surface area contributed by atoms with Crippen molar-refractivity contribution in [3.8, 4) is 0 Å². The Morgan fingerprint density at radius 1 is 1.64 bits per heavy atom. The van der Waals surface area contributed by atoms with Crippen LogP contribution in [0.3, 0.4) is 0 Å². The van der Waals surface area contributed by atoms with E-state index in [1.807, 2.05) is 0 Å². The van der Waals surface area contributed by atoms with E-state index in [4.69, 9.17) is 12.2 Å². The van der Waals surface area contributed by atoms with Crippen LogP contribution in [0.2, 0.25) is 0 Å². The molecule has 1 fully saturated rings. The number of nitrogens with one attached hydrogen (secondary N) is 2. The van der Waals surface area contributed by atoms with E-state index in [0.29, 0.717) is 6.04 Å². The Morgan fingerprint density at radius 2 is 2.27 bits per heavy atom. The van der Waals surface area contributed by atoms with E-state index in [0.717, 1.165) is 17.6 Å². The standard InChI is InChI=1S/C8H16N2S/c1-3-9-8(11)10-6(2)7-4-5-7/h6-7H,3-5H2,1-2H3,(H2,9,10,11). The Morgan fingerprint density at radius 3 is 2.73 bits per heavy atom. The van der Waals surface area contributed by atoms with Crippen molar-refractivity contribution in [3.63, 3.8) is 0 Å². The van der Waals surface area contributed by atoms with Gasteiger partial charge in [0.1, 0.15) is 0 Å². The highest BCUT2D eigenvalue weighted by Crippen LogP contribution is 2.32. The molecule has 64 valence electrons. The fourth-order valence-corrected chi connectivity index (χ4v) is 1.46. The largest absolute Gasteiger partial charge is 0.363 e. The second kappa shape index (κ2) is 3.90. The molecule has 11 heavy (non-hydrogen) atoms. The van der Waals surface area contributed by atoms with Gasteiger partial charge in [0.2, 0.25) is 0 Å². The Hall–Kier alpha value is -0.310. The van der Waals surface area contributed by atoms with Gasteiger partial charge in [-0.2, -0.15) is 0 Å². The number of thiocarbonyl (C=S) groups is 1. The van der Waals surface area contributed by atoms with Crippen LogP contribution >= 0.6 is 12.2 Å². The van der Waals surface area contributed by atoms with Gasteiger partial charge < -0.3 is 10.6 Å². The summed E-state index contributed by atoms with van der Waals surface area (Å²) in [6.45, 7) is 5.15. The molecule has 3 heteroatoms. The van der Waals surface area contributed by atoms with E-state index >= 15 is 0 Å². The molecule has 0 radical (unpaired) electrons. The number of rotatable bonds is 3. The Labute approximate surface area is 73.7 Å². The third-order valence-electron chi connectivity index (χ3n) is 2.03. The maximum Gasteiger partial charge on any atom is 0.166 e. The molecule has 1 aliphatic carbocycles. The summed E-state index contributed by atoms with van der Waals surface area (Å²) in [6.07, 6.45) is 2.73. The predicted molar refractivity (Wildman–Crippen MR) is 51.6 cm³/mol. The van der Waals surface area contributed by atoms with Crippen LogP contribution in [0.1, 0.15) is 26.7 Å². The summed E-state index contributed by atoms with van der Waals surface area (Å²) in [4.78, 5) is 0. The number of hydrogen-bond donors (Lipinski definition) is 2. The molecular weight excluding hydrogens is 156 g/mol. The molecule has 0 saturated heterocycles. The van der Waals surface area contributed by atoms with Crippen molar-refractivity contribution in [2.75, 3.05) is 6.54 Å². The van der Waals surface area contributed by atoms with Gasteiger partial charge in [-0.3, -0.25) is 0 Å². The lowest BCUT2D eigenvalue weighted by Gasteiger charge is -2.15. The third kappa shape index (κ3) is 3.06. The van der Waals surface area contributed by atoms with Gasteiger partial charge in [0.15, 0.2) is 5.11 Å². The lowest BCUT2D eigenvalue weighted by molar-refractivity contribution is 0.582. The summed E-state index contributed by atoms with van der Waals surface area (Å²) in [5.74, 6) is 0.867. The van der Waals surface area contributed by atoms with Crippen molar-refractivity contribution in [1.82, 2.24) is 10.6 Å². The fraction of sp³-hybridized carbons (Fsp3) is 0.875. The molecule has 0 spiro atoms. The van der Waals surface area contributed by atoms with E-state index in [2.05, 4.69) is 24.5 Å². The maximum absolute atomic E-state index is 5.05. The van der Waals surface area contributed by atoms with Crippen LogP contribution < -0.4 is 10.6 Å². The molecule has 0 aromatic rings. The third-order valence-corrected chi connectivity index (χ3v) is 2.29. The van der Waals surface area contributed by atoms with Crippen LogP contribution in [-0.2, 0) is 0 Å². The lowest BCUT2D eigenvalue weighted by atomic mass is 10.2. The van der Waals surface area contributed by atoms with Crippen molar-refractivity contribution >= 4 is 17.3 Å². The molecular formula is C8H16N2S. The minimum Gasteiger partial charge on any atom is -0.363 e. The van der Waals surface area contributed by atoms with Crippen molar-refractivity contribution in [2.45, 2.75) is 32.7 Å². The van der Waals surface area contributed by atoms with Gasteiger partial charge in [0.25, 0.3) is 0 Å². The summed E-state index contributed by atoms with van der Waals surface area (Å²) < 4.78 is 0. The first-order valence-corrected chi connectivity index (χ1v) is 4.69. The molecule has 1 atom stereocenters. The summed E-state index contributed by atoms with van der Waals surface area (Å²) in [7, 11) is 0. The van der Waals surface area contributed by atoms with Gasteiger partial charge in [-0.05, 0) is 44.8 Å². The Bertz CT molecular complexity index is 143. The molecule has 0 aliphatic heterocycles. The molecule has 0 bridgehead atoms. The van der Waals surface area contributed by atoms with Gasteiger partial charge in [0, 0.05) is 12.6 Å². The van der Waals surface area contributed by atoms with Crippen molar-refractivity contribution in [2.24, 2.45) is 5.92 Å². The van der Waals surface area contributed by atoms with E-state index in [1.54, 1.807) is 0 Å². The SMILES string of the molecule is CCNC(=S)NC(C)C1CC1. The molecule has 0 amide bonds. The quantitative estimate of drug-likeness (QED) is 0.627. The van der Waals surface area contributed by atoms with Crippen molar-refractivity contribution in [1.29, 1.82) is 0 Å². The van der Waals surface area contributed by atoms with Crippen LogP contribution in [0.15, 0.2) is 0 Å². The molecule has 2 N–H and O–H groups in total. The summed E-state index contributed by atoms with van der Waals surface area (Å²) in [5, 5.41) is 7.14. The highest BCUT2D eigenvalue weighted by atomic mass is 32.1. The first kappa shape index (κ1) is 8.78. The van der Waals surface area contributed by atoms with Crippen molar-refractivity contribution in [3.05, 3.63) is 0 Å². The van der Waals surface area contributed by atoms with E-state index in [9.17, 15) is 0 Å². The predicted octanol–water partition coefficient (Wildman–Crippen LogP) is 1.27. The van der Waals surface area contributed by atoms with Crippen LogP contribution in [0.4, 0.5) is 0 Å². The Balaban J connectivity index is 2.12. The molecule has 1 unspecified atom stereocenters.